The van der Waals surface area contributed by atoms with Crippen LogP contribution in [-0.2, 0) is 16.0 Å². The molecule has 5 rings (SSSR count). The zero-order chi connectivity index (χ0) is 37.6. The van der Waals surface area contributed by atoms with E-state index < -0.39 is 24.0 Å². The SMILES string of the molecule is Cc1cc(C(=O)NC(C)C)ccc1-c1ccc(CC(NC(O)C2CCC(CNC(=O)OC(C)(C)C)CC2)C(=O)Nc2cc(Cl)c3cn[nH]c3c2)cc1. The molecule has 3 amide bonds. The molecule has 2 unspecified atom stereocenters. The number of halogens is 1. The van der Waals surface area contributed by atoms with Gasteiger partial charge in [-0.05, 0) is 132 Å². The number of aryl methyl sites for hydroxylation is 1. The van der Waals surface area contributed by atoms with Gasteiger partial charge in [-0.15, -0.1) is 0 Å². The van der Waals surface area contributed by atoms with Crippen LogP contribution in [0.3, 0.4) is 0 Å². The topological polar surface area (TPSA) is 157 Å². The number of carbonyl (C=O) groups excluding carboxylic acids is 3. The van der Waals surface area contributed by atoms with Crippen LogP contribution in [0.25, 0.3) is 22.0 Å². The lowest BCUT2D eigenvalue weighted by Gasteiger charge is -2.33. The minimum absolute atomic E-state index is 0.0502. The summed E-state index contributed by atoms with van der Waals surface area (Å²) in [6, 6.07) is 16.4. The van der Waals surface area contributed by atoms with Crippen LogP contribution in [0.4, 0.5) is 10.5 Å². The molecule has 11 nitrogen and oxygen atoms in total. The molecule has 278 valence electrons. The fraction of sp³-hybridized carbons (Fsp3) is 0.450. The molecule has 0 bridgehead atoms. The van der Waals surface area contributed by atoms with Gasteiger partial charge in [0.2, 0.25) is 5.91 Å². The Morgan fingerprint density at radius 1 is 1.02 bits per heavy atom. The molecule has 0 aliphatic heterocycles. The Hall–Kier alpha value is -4.45. The van der Waals surface area contributed by atoms with Crippen molar-refractivity contribution in [2.24, 2.45) is 11.8 Å². The van der Waals surface area contributed by atoms with E-state index in [1.54, 1.807) is 18.3 Å². The molecule has 2 atom stereocenters. The number of aliphatic hydroxyl groups is 1. The number of amides is 3. The second-order valence-corrected chi connectivity index (χ2v) is 15.6. The average Bonchev–Trinajstić information content (AvgIpc) is 3.56. The summed E-state index contributed by atoms with van der Waals surface area (Å²) in [6.45, 7) is 11.9. The monoisotopic (exact) mass is 730 g/mol. The first-order valence-corrected chi connectivity index (χ1v) is 18.4. The van der Waals surface area contributed by atoms with Gasteiger partial charge < -0.3 is 25.8 Å². The summed E-state index contributed by atoms with van der Waals surface area (Å²) < 4.78 is 5.36. The highest BCUT2D eigenvalue weighted by molar-refractivity contribution is 6.35. The van der Waals surface area contributed by atoms with Crippen molar-refractivity contribution in [1.82, 2.24) is 26.1 Å². The number of fused-ring (bicyclic) bond motifs is 1. The van der Waals surface area contributed by atoms with E-state index >= 15 is 0 Å². The van der Waals surface area contributed by atoms with Gasteiger partial charge in [-0.3, -0.25) is 20.0 Å². The average molecular weight is 731 g/mol. The van der Waals surface area contributed by atoms with Gasteiger partial charge in [0.15, 0.2) is 0 Å². The lowest BCUT2D eigenvalue weighted by Crippen LogP contribution is -2.50. The Bertz CT molecular complexity index is 1860. The molecule has 1 aliphatic rings. The minimum atomic E-state index is -0.914. The predicted molar refractivity (Wildman–Crippen MR) is 205 cm³/mol. The first-order valence-electron chi connectivity index (χ1n) is 18.0. The number of benzene rings is 3. The van der Waals surface area contributed by atoms with Gasteiger partial charge in [0.05, 0.1) is 22.8 Å². The van der Waals surface area contributed by atoms with Crippen molar-refractivity contribution >= 4 is 46.1 Å². The molecule has 1 fully saturated rings. The van der Waals surface area contributed by atoms with Crippen LogP contribution in [0.5, 0.6) is 0 Å². The van der Waals surface area contributed by atoms with Gasteiger partial charge in [-0.1, -0.05) is 41.9 Å². The van der Waals surface area contributed by atoms with Gasteiger partial charge in [0.25, 0.3) is 5.91 Å². The number of alkyl carbamates (subject to hydrolysis) is 1. The Morgan fingerprint density at radius 2 is 1.73 bits per heavy atom. The number of ether oxygens (including phenoxy) is 1. The van der Waals surface area contributed by atoms with Crippen molar-refractivity contribution in [2.75, 3.05) is 11.9 Å². The lowest BCUT2D eigenvalue weighted by atomic mass is 9.81. The number of nitrogens with zero attached hydrogens (tertiary/aromatic N) is 1. The molecule has 1 saturated carbocycles. The zero-order valence-corrected chi connectivity index (χ0v) is 31.6. The van der Waals surface area contributed by atoms with Crippen LogP contribution in [-0.4, -0.2) is 63.7 Å². The van der Waals surface area contributed by atoms with Crippen molar-refractivity contribution in [1.29, 1.82) is 0 Å². The number of carbonyl (C=O) groups is 3. The number of H-pyrrole nitrogens is 1. The molecule has 0 radical (unpaired) electrons. The molecule has 0 spiro atoms. The first kappa shape index (κ1) is 38.8. The van der Waals surface area contributed by atoms with Gasteiger partial charge in [-0.25, -0.2) is 4.79 Å². The minimum Gasteiger partial charge on any atom is -0.444 e. The van der Waals surface area contributed by atoms with Crippen LogP contribution < -0.4 is 21.3 Å². The van der Waals surface area contributed by atoms with Crippen molar-refractivity contribution in [3.8, 4) is 11.1 Å². The molecular formula is C40H51ClN6O5. The number of nitrogens with one attached hydrogen (secondary N) is 5. The van der Waals surface area contributed by atoms with E-state index in [1.165, 1.54) is 0 Å². The molecule has 6 N–H and O–H groups in total. The van der Waals surface area contributed by atoms with Crippen LogP contribution in [0, 0.1) is 18.8 Å². The highest BCUT2D eigenvalue weighted by Crippen LogP contribution is 2.31. The van der Waals surface area contributed by atoms with E-state index in [-0.39, 0.29) is 29.7 Å². The molecule has 4 aromatic rings. The molecule has 0 saturated heterocycles. The van der Waals surface area contributed by atoms with Crippen molar-refractivity contribution in [3.63, 3.8) is 0 Å². The lowest BCUT2D eigenvalue weighted by molar-refractivity contribution is -0.119. The van der Waals surface area contributed by atoms with Crippen LogP contribution in [0.1, 0.15) is 81.8 Å². The Labute approximate surface area is 310 Å². The van der Waals surface area contributed by atoms with Crippen molar-refractivity contribution in [3.05, 3.63) is 82.5 Å². The third kappa shape index (κ3) is 10.6. The predicted octanol–water partition coefficient (Wildman–Crippen LogP) is 7.12. The molecule has 1 heterocycles. The fourth-order valence-corrected chi connectivity index (χ4v) is 6.93. The first-order chi connectivity index (χ1) is 24.6. The summed E-state index contributed by atoms with van der Waals surface area (Å²) in [5, 5.41) is 31.6. The highest BCUT2D eigenvalue weighted by atomic mass is 35.5. The molecular weight excluding hydrogens is 680 g/mol. The highest BCUT2D eigenvalue weighted by Gasteiger charge is 2.31. The summed E-state index contributed by atoms with van der Waals surface area (Å²) in [5.41, 5.74) is 5.17. The normalized spacial score (nSPS) is 17.4. The molecule has 1 aliphatic carbocycles. The molecule has 3 aromatic carbocycles. The van der Waals surface area contributed by atoms with Crippen LogP contribution >= 0.6 is 11.6 Å². The molecule has 12 heteroatoms. The van der Waals surface area contributed by atoms with E-state index in [4.69, 9.17) is 16.3 Å². The number of rotatable bonds is 12. The number of hydrogen-bond donors (Lipinski definition) is 6. The smallest absolute Gasteiger partial charge is 0.407 e. The number of anilines is 1. The third-order valence-electron chi connectivity index (χ3n) is 9.35. The Morgan fingerprint density at radius 3 is 2.38 bits per heavy atom. The summed E-state index contributed by atoms with van der Waals surface area (Å²) in [6.07, 6.45) is 3.79. The molecule has 1 aromatic heterocycles. The third-order valence-corrected chi connectivity index (χ3v) is 9.66. The Kier molecular flexibility index (Phi) is 12.6. The zero-order valence-electron chi connectivity index (χ0n) is 30.8. The number of hydrogen-bond acceptors (Lipinski definition) is 7. The summed E-state index contributed by atoms with van der Waals surface area (Å²) in [7, 11) is 0. The van der Waals surface area contributed by atoms with Gasteiger partial charge >= 0.3 is 6.09 Å². The maximum atomic E-state index is 13.9. The second-order valence-electron chi connectivity index (χ2n) is 15.2. The molecule has 52 heavy (non-hydrogen) atoms. The Balaban J connectivity index is 1.27. The summed E-state index contributed by atoms with van der Waals surface area (Å²) in [4.78, 5) is 38.5. The number of aromatic nitrogens is 2. The van der Waals surface area contributed by atoms with Crippen molar-refractivity contribution < 1.29 is 24.2 Å². The van der Waals surface area contributed by atoms with Crippen LogP contribution in [0.15, 0.2) is 60.8 Å². The van der Waals surface area contributed by atoms with E-state index in [2.05, 4.69) is 31.5 Å². The summed E-state index contributed by atoms with van der Waals surface area (Å²) >= 11 is 6.47. The summed E-state index contributed by atoms with van der Waals surface area (Å²) in [5.74, 6) is -0.180. The maximum Gasteiger partial charge on any atom is 0.407 e. The van der Waals surface area contributed by atoms with Crippen molar-refractivity contribution in [2.45, 2.75) is 97.6 Å². The number of aliphatic hydroxyl groups excluding tert-OH is 1. The van der Waals surface area contributed by atoms with Gasteiger partial charge in [0, 0.05) is 29.2 Å². The fourth-order valence-electron chi connectivity index (χ4n) is 6.66. The number of aromatic amines is 1. The standard InChI is InChI=1S/C40H51ClN6O5/c1-23(2)44-37(49)29-15-16-31(24(3)17-29)27-11-7-25(8-12-27)18-35(38(50)45-30-19-33(41)32-22-43-47-34(32)20-30)46-36(48)28-13-9-26(10-14-28)21-42-39(51)52-40(4,5)6/h7-8,11-12,15-17,19-20,22-23,26,28,35-36,46,48H,9-10,13-14,18,21H2,1-6H3,(H,42,51)(H,43,47)(H,44,49)(H,45,50). The maximum absolute atomic E-state index is 13.9. The van der Waals surface area contributed by atoms with E-state index in [0.717, 1.165) is 53.3 Å². The van der Waals surface area contributed by atoms with E-state index in [0.29, 0.717) is 34.8 Å². The second kappa shape index (κ2) is 16.9. The van der Waals surface area contributed by atoms with Crippen LogP contribution in [0.2, 0.25) is 5.02 Å². The van der Waals surface area contributed by atoms with Gasteiger partial charge in [-0.2, -0.15) is 5.10 Å². The quantitative estimate of drug-likeness (QED) is 0.0848. The van der Waals surface area contributed by atoms with Gasteiger partial charge in [0.1, 0.15) is 11.8 Å². The van der Waals surface area contributed by atoms with E-state index in [9.17, 15) is 19.5 Å². The van der Waals surface area contributed by atoms with E-state index in [1.807, 2.05) is 84.0 Å². The largest absolute Gasteiger partial charge is 0.444 e.